The van der Waals surface area contributed by atoms with Crippen LogP contribution in [-0.2, 0) is 13.0 Å². The molecule has 1 aliphatic heterocycles. The molecule has 122 valence electrons. The summed E-state index contributed by atoms with van der Waals surface area (Å²) in [5.74, 6) is 0.814. The van der Waals surface area contributed by atoms with Crippen molar-refractivity contribution in [1.82, 2.24) is 14.9 Å². The van der Waals surface area contributed by atoms with Crippen molar-refractivity contribution in [1.29, 1.82) is 0 Å². The zero-order chi connectivity index (χ0) is 16.2. The standard InChI is InChI=1S/C16H20N4OS2/c1-3-20-8-6-12-13(10-20)23-16(18-12)19-15(21)11-5-7-17-14(9-11)22-4-2/h5,7,9H,3-4,6,8,10H2,1-2H3,(H,18,19,21). The summed E-state index contributed by atoms with van der Waals surface area (Å²) in [5, 5.41) is 4.50. The number of aromatic nitrogens is 2. The summed E-state index contributed by atoms with van der Waals surface area (Å²) >= 11 is 3.21. The van der Waals surface area contributed by atoms with E-state index in [9.17, 15) is 4.79 Å². The van der Waals surface area contributed by atoms with E-state index in [1.807, 2.05) is 6.07 Å². The molecule has 0 aromatic carbocycles. The van der Waals surface area contributed by atoms with Gasteiger partial charge in [-0.05, 0) is 24.4 Å². The second-order valence-electron chi connectivity index (χ2n) is 5.28. The molecule has 0 spiro atoms. The lowest BCUT2D eigenvalue weighted by atomic mass is 10.2. The monoisotopic (exact) mass is 348 g/mol. The maximum Gasteiger partial charge on any atom is 0.257 e. The number of hydrogen-bond acceptors (Lipinski definition) is 6. The molecule has 0 saturated heterocycles. The fraction of sp³-hybridized carbons (Fsp3) is 0.438. The average Bonchev–Trinajstić information content (AvgIpc) is 2.96. The van der Waals surface area contributed by atoms with Gasteiger partial charge in [0.15, 0.2) is 5.13 Å². The van der Waals surface area contributed by atoms with Crippen LogP contribution >= 0.6 is 23.1 Å². The first kappa shape index (κ1) is 16.4. The molecule has 1 N–H and O–H groups in total. The molecular weight excluding hydrogens is 328 g/mol. The summed E-state index contributed by atoms with van der Waals surface area (Å²) in [5.41, 5.74) is 1.76. The fourth-order valence-corrected chi connectivity index (χ4v) is 4.21. The smallest absolute Gasteiger partial charge is 0.257 e. The Kier molecular flexibility index (Phi) is 5.30. The Morgan fingerprint density at radius 3 is 3.13 bits per heavy atom. The van der Waals surface area contributed by atoms with Crippen LogP contribution < -0.4 is 5.32 Å². The van der Waals surface area contributed by atoms with Gasteiger partial charge < -0.3 is 0 Å². The molecule has 3 heterocycles. The van der Waals surface area contributed by atoms with Gasteiger partial charge in [-0.2, -0.15) is 0 Å². The Labute approximate surface area is 144 Å². The molecule has 0 saturated carbocycles. The number of likely N-dealkylation sites (N-methyl/N-ethyl adjacent to an activating group) is 1. The molecule has 0 radical (unpaired) electrons. The van der Waals surface area contributed by atoms with Crippen molar-refractivity contribution in [3.63, 3.8) is 0 Å². The Bertz CT molecular complexity index is 701. The number of pyridine rings is 1. The zero-order valence-corrected chi connectivity index (χ0v) is 15.0. The molecule has 3 rings (SSSR count). The second-order valence-corrected chi connectivity index (χ2v) is 7.65. The van der Waals surface area contributed by atoms with Crippen molar-refractivity contribution >= 4 is 34.1 Å². The Morgan fingerprint density at radius 2 is 2.35 bits per heavy atom. The predicted octanol–water partition coefficient (Wildman–Crippen LogP) is 3.28. The molecule has 0 bridgehead atoms. The third-order valence-electron chi connectivity index (χ3n) is 3.77. The molecule has 1 aliphatic rings. The van der Waals surface area contributed by atoms with Crippen molar-refractivity contribution in [3.8, 4) is 0 Å². The molecule has 2 aromatic heterocycles. The summed E-state index contributed by atoms with van der Waals surface area (Å²) in [6, 6.07) is 3.57. The summed E-state index contributed by atoms with van der Waals surface area (Å²) in [7, 11) is 0. The van der Waals surface area contributed by atoms with Crippen LogP contribution in [0.2, 0.25) is 0 Å². The number of hydrogen-bond donors (Lipinski definition) is 1. The highest BCUT2D eigenvalue weighted by molar-refractivity contribution is 7.99. The number of nitrogens with one attached hydrogen (secondary N) is 1. The van der Waals surface area contributed by atoms with E-state index in [1.54, 1.807) is 35.4 Å². The van der Waals surface area contributed by atoms with Crippen LogP contribution in [0, 0.1) is 0 Å². The van der Waals surface area contributed by atoms with Gasteiger partial charge in [-0.1, -0.05) is 13.8 Å². The maximum atomic E-state index is 12.4. The van der Waals surface area contributed by atoms with Gasteiger partial charge in [0.25, 0.3) is 5.91 Å². The van der Waals surface area contributed by atoms with E-state index in [-0.39, 0.29) is 5.91 Å². The quantitative estimate of drug-likeness (QED) is 0.840. The number of rotatable bonds is 5. The van der Waals surface area contributed by atoms with Gasteiger partial charge in [0.2, 0.25) is 0 Å². The molecule has 0 fully saturated rings. The van der Waals surface area contributed by atoms with Crippen molar-refractivity contribution in [2.75, 3.05) is 24.2 Å². The molecular formula is C16H20N4OS2. The first-order chi connectivity index (χ1) is 11.2. The van der Waals surface area contributed by atoms with Gasteiger partial charge in [-0.25, -0.2) is 9.97 Å². The van der Waals surface area contributed by atoms with Crippen LogP contribution in [0.25, 0.3) is 0 Å². The van der Waals surface area contributed by atoms with Crippen molar-refractivity contribution < 1.29 is 4.79 Å². The van der Waals surface area contributed by atoms with E-state index < -0.39 is 0 Å². The normalized spacial score (nSPS) is 14.5. The Morgan fingerprint density at radius 1 is 1.48 bits per heavy atom. The van der Waals surface area contributed by atoms with Gasteiger partial charge >= 0.3 is 0 Å². The maximum absolute atomic E-state index is 12.4. The highest BCUT2D eigenvalue weighted by atomic mass is 32.2. The first-order valence-corrected chi connectivity index (χ1v) is 9.61. The van der Waals surface area contributed by atoms with Gasteiger partial charge in [-0.15, -0.1) is 23.1 Å². The number of carbonyl (C=O) groups is 1. The van der Waals surface area contributed by atoms with Crippen molar-refractivity contribution in [2.45, 2.75) is 31.8 Å². The molecule has 2 aromatic rings. The zero-order valence-electron chi connectivity index (χ0n) is 13.3. The molecule has 1 amide bonds. The van der Waals surface area contributed by atoms with Gasteiger partial charge in [0.05, 0.1) is 10.7 Å². The summed E-state index contributed by atoms with van der Waals surface area (Å²) in [6.07, 6.45) is 2.64. The number of nitrogens with zero attached hydrogens (tertiary/aromatic N) is 3. The van der Waals surface area contributed by atoms with Crippen LogP contribution in [-0.4, -0.2) is 39.6 Å². The number of thiazole rings is 1. The fourth-order valence-electron chi connectivity index (χ4n) is 2.52. The van der Waals surface area contributed by atoms with Crippen molar-refractivity contribution in [3.05, 3.63) is 34.5 Å². The van der Waals surface area contributed by atoms with Crippen LogP contribution in [0.3, 0.4) is 0 Å². The minimum Gasteiger partial charge on any atom is -0.298 e. The Balaban J connectivity index is 1.71. The van der Waals surface area contributed by atoms with Crippen molar-refractivity contribution in [2.24, 2.45) is 0 Å². The number of fused-ring (bicyclic) bond motifs is 1. The van der Waals surface area contributed by atoms with E-state index >= 15 is 0 Å². The first-order valence-electron chi connectivity index (χ1n) is 7.80. The summed E-state index contributed by atoms with van der Waals surface area (Å²) in [4.78, 5) is 24.9. The number of anilines is 1. The van der Waals surface area contributed by atoms with Gasteiger partial charge in [0.1, 0.15) is 0 Å². The highest BCUT2D eigenvalue weighted by Gasteiger charge is 2.20. The highest BCUT2D eigenvalue weighted by Crippen LogP contribution is 2.28. The minimum absolute atomic E-state index is 0.121. The second kappa shape index (κ2) is 7.42. The summed E-state index contributed by atoms with van der Waals surface area (Å²) < 4.78 is 0. The van der Waals surface area contributed by atoms with E-state index in [0.717, 1.165) is 42.5 Å². The van der Waals surface area contributed by atoms with Crippen LogP contribution in [0.5, 0.6) is 0 Å². The minimum atomic E-state index is -0.121. The number of carbonyl (C=O) groups excluding carboxylic acids is 1. The lowest BCUT2D eigenvalue weighted by molar-refractivity contribution is 0.102. The number of amides is 1. The predicted molar refractivity (Wildman–Crippen MR) is 95.4 cm³/mol. The molecule has 23 heavy (non-hydrogen) atoms. The van der Waals surface area contributed by atoms with Gasteiger partial charge in [0, 0.05) is 36.1 Å². The van der Waals surface area contributed by atoms with E-state index in [1.165, 1.54) is 4.88 Å². The SMILES string of the molecule is CCSc1cc(C(=O)Nc2nc3c(s2)CN(CC)CC3)ccn1. The molecule has 0 aliphatic carbocycles. The van der Waals surface area contributed by atoms with E-state index in [0.29, 0.717) is 10.7 Å². The summed E-state index contributed by atoms with van der Waals surface area (Å²) in [6.45, 7) is 7.27. The average molecular weight is 348 g/mol. The topological polar surface area (TPSA) is 58.1 Å². The molecule has 7 heteroatoms. The third-order valence-corrected chi connectivity index (χ3v) is 5.57. The van der Waals surface area contributed by atoms with E-state index in [4.69, 9.17) is 0 Å². The molecule has 0 unspecified atom stereocenters. The largest absolute Gasteiger partial charge is 0.298 e. The van der Waals surface area contributed by atoms with E-state index in [2.05, 4.69) is 34.0 Å². The van der Waals surface area contributed by atoms with Crippen LogP contribution in [0.4, 0.5) is 5.13 Å². The van der Waals surface area contributed by atoms with Crippen LogP contribution in [0.1, 0.15) is 34.8 Å². The van der Waals surface area contributed by atoms with Crippen LogP contribution in [0.15, 0.2) is 23.4 Å². The Hall–Kier alpha value is -1.44. The third kappa shape index (κ3) is 3.91. The van der Waals surface area contributed by atoms with Gasteiger partial charge in [-0.3, -0.25) is 15.0 Å². The lowest BCUT2D eigenvalue weighted by Crippen LogP contribution is -2.29. The molecule has 0 atom stereocenters. The number of thioether (sulfide) groups is 1. The lowest BCUT2D eigenvalue weighted by Gasteiger charge is -2.23. The molecule has 5 nitrogen and oxygen atoms in total.